The molecule has 4 heterocycles. The smallest absolute Gasteiger partial charge is 0.543 e. The van der Waals surface area contributed by atoms with Gasteiger partial charge in [-0.3, -0.25) is 9.59 Å². The van der Waals surface area contributed by atoms with Crippen LogP contribution in [0.2, 0.25) is 0 Å². The van der Waals surface area contributed by atoms with E-state index in [9.17, 15) is 29.4 Å². The molecule has 0 N–H and O–H groups in total. The summed E-state index contributed by atoms with van der Waals surface area (Å²) < 4.78 is 2.81. The normalized spacial score (nSPS) is 9.61. The molecule has 4 aromatic heterocycles. The minimum Gasteiger partial charge on any atom is -0.543 e. The predicted octanol–water partition coefficient (Wildman–Crippen LogP) is -6.37. The van der Waals surface area contributed by atoms with Gasteiger partial charge in [-0.2, -0.15) is 0 Å². The van der Waals surface area contributed by atoms with E-state index in [0.29, 0.717) is 22.5 Å². The number of aryl methyl sites for hydroxylation is 2. The summed E-state index contributed by atoms with van der Waals surface area (Å²) in [6.45, 7) is 0. The number of rotatable bonds is 4. The van der Waals surface area contributed by atoms with Crippen molar-refractivity contribution in [1.29, 1.82) is 0 Å². The monoisotopic (exact) mass is 504 g/mol. The Balaban J connectivity index is 0.000000341. The Morgan fingerprint density at radius 2 is 1.00 bits per heavy atom. The first-order valence-electron chi connectivity index (χ1n) is 9.86. The summed E-state index contributed by atoms with van der Waals surface area (Å²) in [5.41, 5.74) is 1.80. The van der Waals surface area contributed by atoms with Gasteiger partial charge in [0.05, 0.1) is 34.7 Å². The number of hydrogen-bond donors (Lipinski definition) is 0. The largest absolute Gasteiger partial charge is 1.00 e. The van der Waals surface area contributed by atoms with Crippen LogP contribution in [0.4, 0.5) is 0 Å². The molecule has 0 aliphatic heterocycles. The molecule has 0 aliphatic rings. The van der Waals surface area contributed by atoms with Gasteiger partial charge in [0.1, 0.15) is 0 Å². The second-order valence-electron chi connectivity index (χ2n) is 7.12. The van der Waals surface area contributed by atoms with Gasteiger partial charge in [0.25, 0.3) is 0 Å². The third-order valence-electron chi connectivity index (χ3n) is 4.68. The molecular formula is C24H18N4Na2O6. The fourth-order valence-corrected chi connectivity index (χ4v) is 2.91. The zero-order valence-electron chi connectivity index (χ0n) is 20.2. The molecule has 0 aliphatic carbocycles. The molecule has 0 spiro atoms. The fraction of sp³-hybridized carbons (Fsp3) is 0.0833. The number of aromatic nitrogens is 4. The van der Waals surface area contributed by atoms with E-state index in [4.69, 9.17) is 0 Å². The van der Waals surface area contributed by atoms with Crippen molar-refractivity contribution in [2.75, 3.05) is 0 Å². The summed E-state index contributed by atoms with van der Waals surface area (Å²) in [5.74, 6) is -2.65. The van der Waals surface area contributed by atoms with Crippen LogP contribution in [0.5, 0.6) is 0 Å². The molecule has 0 fully saturated rings. The average molecular weight is 504 g/mol. The summed E-state index contributed by atoms with van der Waals surface area (Å²) in [5, 5.41) is 21.4. The average Bonchev–Trinajstić information content (AvgIpc) is 2.83. The summed E-state index contributed by atoms with van der Waals surface area (Å²) >= 11 is 0. The Morgan fingerprint density at radius 1 is 0.639 bits per heavy atom. The van der Waals surface area contributed by atoms with Gasteiger partial charge in [0, 0.05) is 49.7 Å². The van der Waals surface area contributed by atoms with Gasteiger partial charge in [-0.05, 0) is 36.4 Å². The summed E-state index contributed by atoms with van der Waals surface area (Å²) in [4.78, 5) is 51.7. The van der Waals surface area contributed by atoms with Crippen molar-refractivity contribution >= 4 is 11.9 Å². The van der Waals surface area contributed by atoms with Crippen molar-refractivity contribution in [1.82, 2.24) is 19.1 Å². The van der Waals surface area contributed by atoms with Crippen LogP contribution in [0.15, 0.2) is 82.6 Å². The first-order chi connectivity index (χ1) is 16.2. The summed E-state index contributed by atoms with van der Waals surface area (Å²) in [7, 11) is 3.24. The maximum atomic E-state index is 11.2. The number of nitrogens with zero attached hydrogens (tertiary/aromatic N) is 4. The third-order valence-corrected chi connectivity index (χ3v) is 4.68. The van der Waals surface area contributed by atoms with Gasteiger partial charge in [-0.15, -0.1) is 0 Å². The molecule has 0 saturated carbocycles. The number of hydrogen-bond acceptors (Lipinski definition) is 8. The van der Waals surface area contributed by atoms with Crippen molar-refractivity contribution < 1.29 is 78.9 Å². The second-order valence-corrected chi connectivity index (χ2v) is 7.12. The molecule has 12 heteroatoms. The number of carbonyl (C=O) groups is 2. The van der Waals surface area contributed by atoms with E-state index in [0.717, 1.165) is 0 Å². The predicted molar refractivity (Wildman–Crippen MR) is 118 cm³/mol. The van der Waals surface area contributed by atoms with Crippen LogP contribution in [-0.4, -0.2) is 31.0 Å². The minimum atomic E-state index is -1.32. The Kier molecular flexibility index (Phi) is 12.1. The number of carbonyl (C=O) groups excluding carboxylic acids is 2. The van der Waals surface area contributed by atoms with Gasteiger partial charge < -0.3 is 28.9 Å². The molecule has 4 rings (SSSR count). The molecule has 36 heavy (non-hydrogen) atoms. The standard InChI is InChI=1S/2C12H10N2O3.2Na/c2*1-14-7-8(5-6-11(14)15)9-3-2-4-10(13-9)12(16)17;;/h2*2-7H,1H3,(H,16,17);;/q;;2*+1/p-2. The van der Waals surface area contributed by atoms with Crippen molar-refractivity contribution in [3.63, 3.8) is 0 Å². The van der Waals surface area contributed by atoms with Crippen molar-refractivity contribution in [3.8, 4) is 22.5 Å². The number of carboxylic acids is 2. The van der Waals surface area contributed by atoms with E-state index in [-0.39, 0.29) is 81.6 Å². The van der Waals surface area contributed by atoms with E-state index in [1.807, 2.05) is 0 Å². The molecule has 0 amide bonds. The van der Waals surface area contributed by atoms with Gasteiger partial charge in [0.2, 0.25) is 11.1 Å². The summed E-state index contributed by atoms with van der Waals surface area (Å²) in [6.07, 6.45) is 3.20. The van der Waals surface area contributed by atoms with Crippen LogP contribution >= 0.6 is 0 Å². The molecule has 0 saturated heterocycles. The quantitative estimate of drug-likeness (QED) is 0.249. The SMILES string of the molecule is Cn1cc(-c2cccc(C(=O)[O-])n2)ccc1=O.Cn1cc(-c2cccc(C(=O)[O-])n2)ccc1=O.[Na+].[Na+]. The van der Waals surface area contributed by atoms with Gasteiger partial charge in [0.15, 0.2) is 0 Å². The van der Waals surface area contributed by atoms with Gasteiger partial charge >= 0.3 is 59.1 Å². The molecule has 0 unspecified atom stereocenters. The molecule has 4 aromatic rings. The zero-order valence-corrected chi connectivity index (χ0v) is 24.2. The molecule has 0 atom stereocenters. The minimum absolute atomic E-state index is 0. The third kappa shape index (κ3) is 8.09. The van der Waals surface area contributed by atoms with Crippen LogP contribution < -0.4 is 80.4 Å². The summed E-state index contributed by atoms with van der Waals surface area (Å²) in [6, 6.07) is 15.2. The molecule has 0 radical (unpaired) electrons. The van der Waals surface area contributed by atoms with Crippen LogP contribution in [0.3, 0.4) is 0 Å². The number of aromatic carboxylic acids is 2. The number of carboxylic acid groups (broad SMARTS) is 2. The van der Waals surface area contributed by atoms with E-state index in [1.165, 1.54) is 33.4 Å². The van der Waals surface area contributed by atoms with Crippen LogP contribution in [0.1, 0.15) is 21.0 Å². The van der Waals surface area contributed by atoms with E-state index >= 15 is 0 Å². The van der Waals surface area contributed by atoms with Crippen molar-refractivity contribution in [2.45, 2.75) is 0 Å². The molecule has 10 nitrogen and oxygen atoms in total. The zero-order chi connectivity index (χ0) is 24.8. The van der Waals surface area contributed by atoms with Crippen molar-refractivity contribution in [3.05, 3.63) is 105 Å². The van der Waals surface area contributed by atoms with E-state index < -0.39 is 11.9 Å². The maximum Gasteiger partial charge on any atom is 1.00 e. The van der Waals surface area contributed by atoms with Crippen LogP contribution in [-0.2, 0) is 14.1 Å². The Bertz CT molecular complexity index is 1390. The first kappa shape index (κ1) is 31.2. The fourth-order valence-electron chi connectivity index (χ4n) is 2.91. The number of pyridine rings is 4. The van der Waals surface area contributed by atoms with Crippen LogP contribution in [0.25, 0.3) is 22.5 Å². The van der Waals surface area contributed by atoms with Crippen molar-refractivity contribution in [2.24, 2.45) is 14.1 Å². The topological polar surface area (TPSA) is 150 Å². The van der Waals surface area contributed by atoms with E-state index in [2.05, 4.69) is 9.97 Å². The second kappa shape index (κ2) is 14.0. The maximum absolute atomic E-state index is 11.2. The van der Waals surface area contributed by atoms with Crippen LogP contribution in [0, 0.1) is 0 Å². The molecule has 172 valence electrons. The molecular weight excluding hydrogens is 486 g/mol. The Labute approximate surface area is 249 Å². The molecule has 0 bridgehead atoms. The Morgan fingerprint density at radius 3 is 1.31 bits per heavy atom. The van der Waals surface area contributed by atoms with Gasteiger partial charge in [-0.1, -0.05) is 12.1 Å². The Hall–Kier alpha value is -2.86. The molecule has 0 aromatic carbocycles. The first-order valence-corrected chi connectivity index (χ1v) is 9.86. The van der Waals surface area contributed by atoms with Gasteiger partial charge in [-0.25, -0.2) is 9.97 Å². The van der Waals surface area contributed by atoms with E-state index in [1.54, 1.807) is 62.9 Å².